The second kappa shape index (κ2) is 10.5. The predicted molar refractivity (Wildman–Crippen MR) is 109 cm³/mol. The van der Waals surface area contributed by atoms with Crippen LogP contribution in [0.25, 0.3) is 11.7 Å². The molecule has 158 valence electrons. The van der Waals surface area contributed by atoms with Gasteiger partial charge in [-0.2, -0.15) is 0 Å². The molecule has 3 aromatic rings. The van der Waals surface area contributed by atoms with Gasteiger partial charge in [0.2, 0.25) is 0 Å². The van der Waals surface area contributed by atoms with E-state index in [0.29, 0.717) is 30.5 Å². The molecule has 3 rings (SSSR count). The summed E-state index contributed by atoms with van der Waals surface area (Å²) in [6.07, 6.45) is 2.90. The molecule has 0 saturated heterocycles. The summed E-state index contributed by atoms with van der Waals surface area (Å²) in [5, 5.41) is 10.9. The minimum absolute atomic E-state index is 0.0655. The van der Waals surface area contributed by atoms with E-state index >= 15 is 0 Å². The lowest BCUT2D eigenvalue weighted by Crippen LogP contribution is -3.12. The first-order chi connectivity index (χ1) is 14.5. The Labute approximate surface area is 175 Å². The molecular weight excluding hydrogens is 384 g/mol. The number of amides is 1. The molecule has 2 atom stereocenters. The van der Waals surface area contributed by atoms with E-state index in [-0.39, 0.29) is 18.2 Å². The van der Waals surface area contributed by atoms with E-state index in [4.69, 9.17) is 8.83 Å². The minimum Gasteiger partial charge on any atom is -0.459 e. The van der Waals surface area contributed by atoms with E-state index in [9.17, 15) is 9.59 Å². The Morgan fingerprint density at radius 1 is 1.13 bits per heavy atom. The summed E-state index contributed by atoms with van der Waals surface area (Å²) in [5.74, 6) is 1.01. The monoisotopic (exact) mass is 411 g/mol. The van der Waals surface area contributed by atoms with Crippen LogP contribution in [0.3, 0.4) is 0 Å². The van der Waals surface area contributed by atoms with E-state index in [1.54, 1.807) is 18.4 Å². The highest BCUT2D eigenvalue weighted by Crippen LogP contribution is 2.17. The molecule has 8 heteroatoms. The Balaban J connectivity index is 1.59. The molecule has 1 amide bonds. The largest absolute Gasteiger partial charge is 0.459 e. The molecule has 1 aromatic carbocycles. The third-order valence-electron chi connectivity index (χ3n) is 4.72. The van der Waals surface area contributed by atoms with Gasteiger partial charge < -0.3 is 19.1 Å². The van der Waals surface area contributed by atoms with Crippen molar-refractivity contribution >= 4 is 11.7 Å². The summed E-state index contributed by atoms with van der Waals surface area (Å²) in [5.41, 5.74) is 1.01. The second-order valence-corrected chi connectivity index (χ2v) is 7.25. The predicted octanol–water partition coefficient (Wildman–Crippen LogP) is 1.44. The zero-order valence-corrected chi connectivity index (χ0v) is 17.3. The Bertz CT molecular complexity index is 937. The first-order valence-corrected chi connectivity index (χ1v) is 10.1. The molecule has 0 fully saturated rings. The molecule has 0 radical (unpaired) electrons. The number of nitrogens with one attached hydrogen (secondary N) is 2. The van der Waals surface area contributed by atoms with E-state index in [1.165, 1.54) is 6.92 Å². The summed E-state index contributed by atoms with van der Waals surface area (Å²) in [6, 6.07) is 12.6. The number of hydrogen-bond donors (Lipinski definition) is 2. The Morgan fingerprint density at radius 2 is 1.93 bits per heavy atom. The van der Waals surface area contributed by atoms with E-state index < -0.39 is 6.04 Å². The molecule has 8 nitrogen and oxygen atoms in total. The van der Waals surface area contributed by atoms with Crippen LogP contribution in [0, 0.1) is 0 Å². The van der Waals surface area contributed by atoms with Gasteiger partial charge >= 0.3 is 0 Å². The normalized spacial score (nSPS) is 13.0. The van der Waals surface area contributed by atoms with Crippen molar-refractivity contribution in [2.24, 2.45) is 0 Å². The second-order valence-electron chi connectivity index (χ2n) is 7.25. The number of rotatable bonds is 11. The standard InChI is InChI=1S/C22H26N4O4/c1-3-11-26(15-21-24-25-22(30-21)19-10-7-12-29-19)14-20(28)23-18(16(2)27)13-17-8-5-4-6-9-17/h4-10,12,18H,3,11,13-15H2,1-2H3,(H,23,28)/p+1/t18-/m0/s1. The van der Waals surface area contributed by atoms with Crippen LogP contribution in [-0.4, -0.2) is 41.0 Å². The van der Waals surface area contributed by atoms with Gasteiger partial charge in [-0.15, -0.1) is 10.2 Å². The smallest absolute Gasteiger partial charge is 0.283 e. The Kier molecular flexibility index (Phi) is 7.51. The zero-order valence-electron chi connectivity index (χ0n) is 17.3. The average Bonchev–Trinajstić information content (AvgIpc) is 3.40. The highest BCUT2D eigenvalue weighted by molar-refractivity contribution is 5.88. The van der Waals surface area contributed by atoms with Crippen LogP contribution in [0.1, 0.15) is 31.7 Å². The summed E-state index contributed by atoms with van der Waals surface area (Å²) in [7, 11) is 0. The third-order valence-corrected chi connectivity index (χ3v) is 4.72. The minimum atomic E-state index is -0.545. The van der Waals surface area contributed by atoms with Crippen LogP contribution < -0.4 is 10.2 Å². The molecule has 0 saturated carbocycles. The first-order valence-electron chi connectivity index (χ1n) is 10.1. The van der Waals surface area contributed by atoms with Crippen LogP contribution in [-0.2, 0) is 22.6 Å². The number of ketones is 1. The molecule has 0 aliphatic carbocycles. The molecule has 2 aromatic heterocycles. The van der Waals surface area contributed by atoms with Crippen molar-refractivity contribution in [2.75, 3.05) is 13.1 Å². The van der Waals surface area contributed by atoms with Crippen LogP contribution in [0.4, 0.5) is 0 Å². The average molecular weight is 411 g/mol. The molecule has 0 aliphatic heterocycles. The molecule has 0 spiro atoms. The van der Waals surface area contributed by atoms with E-state index in [0.717, 1.165) is 23.4 Å². The highest BCUT2D eigenvalue weighted by Gasteiger charge is 2.23. The number of nitrogens with zero attached hydrogens (tertiary/aromatic N) is 2. The number of Topliss-reactive ketones (excluding diaryl/α,β-unsaturated/α-hetero) is 1. The SMILES string of the molecule is CCC[NH+](CC(=O)N[C@@H](Cc1ccccc1)C(C)=O)Cc1nnc(-c2ccco2)o1. The van der Waals surface area contributed by atoms with Gasteiger partial charge in [0.05, 0.1) is 18.8 Å². The van der Waals surface area contributed by atoms with Crippen molar-refractivity contribution in [2.45, 2.75) is 39.3 Å². The molecule has 30 heavy (non-hydrogen) atoms. The fraction of sp³-hybridized carbons (Fsp3) is 0.364. The lowest BCUT2D eigenvalue weighted by Gasteiger charge is -2.20. The van der Waals surface area contributed by atoms with Gasteiger partial charge in [0.25, 0.3) is 17.7 Å². The van der Waals surface area contributed by atoms with Crippen molar-refractivity contribution in [3.05, 3.63) is 60.2 Å². The van der Waals surface area contributed by atoms with Crippen LogP contribution in [0.2, 0.25) is 0 Å². The zero-order chi connectivity index (χ0) is 21.3. The van der Waals surface area contributed by atoms with Crippen LogP contribution in [0.5, 0.6) is 0 Å². The number of quaternary nitrogens is 1. The van der Waals surface area contributed by atoms with E-state index in [1.807, 2.05) is 37.3 Å². The maximum atomic E-state index is 12.6. The Hall–Kier alpha value is -3.26. The lowest BCUT2D eigenvalue weighted by molar-refractivity contribution is -0.907. The van der Waals surface area contributed by atoms with Gasteiger partial charge in [0, 0.05) is 0 Å². The number of carbonyl (C=O) groups excluding carboxylic acids is 2. The number of aromatic nitrogens is 2. The lowest BCUT2D eigenvalue weighted by atomic mass is 10.0. The number of benzene rings is 1. The van der Waals surface area contributed by atoms with Gasteiger partial charge in [-0.25, -0.2) is 0 Å². The van der Waals surface area contributed by atoms with Crippen LogP contribution in [0.15, 0.2) is 57.6 Å². The molecule has 0 bridgehead atoms. The van der Waals surface area contributed by atoms with Gasteiger partial charge in [-0.1, -0.05) is 37.3 Å². The molecule has 1 unspecified atom stereocenters. The highest BCUT2D eigenvalue weighted by atomic mass is 16.4. The quantitative estimate of drug-likeness (QED) is 0.495. The fourth-order valence-corrected chi connectivity index (χ4v) is 3.25. The van der Waals surface area contributed by atoms with Crippen molar-refractivity contribution < 1.29 is 23.3 Å². The van der Waals surface area contributed by atoms with Crippen molar-refractivity contribution in [3.63, 3.8) is 0 Å². The Morgan fingerprint density at radius 3 is 2.60 bits per heavy atom. The van der Waals surface area contributed by atoms with Crippen molar-refractivity contribution in [1.82, 2.24) is 15.5 Å². The number of furan rings is 1. The molecular formula is C22H27N4O4+. The van der Waals surface area contributed by atoms with Crippen molar-refractivity contribution in [3.8, 4) is 11.7 Å². The summed E-state index contributed by atoms with van der Waals surface area (Å²) in [6.45, 7) is 4.94. The van der Waals surface area contributed by atoms with Gasteiger partial charge in [0.15, 0.2) is 24.6 Å². The van der Waals surface area contributed by atoms with E-state index in [2.05, 4.69) is 15.5 Å². The third kappa shape index (κ3) is 6.12. The maximum Gasteiger partial charge on any atom is 0.283 e. The molecule has 0 aliphatic rings. The summed E-state index contributed by atoms with van der Waals surface area (Å²) < 4.78 is 10.9. The van der Waals surface area contributed by atoms with Gasteiger partial charge in [0.1, 0.15) is 0 Å². The topological polar surface area (TPSA) is 103 Å². The first kappa shape index (κ1) is 21.4. The fourth-order valence-electron chi connectivity index (χ4n) is 3.25. The van der Waals surface area contributed by atoms with Crippen LogP contribution >= 0.6 is 0 Å². The van der Waals surface area contributed by atoms with Crippen molar-refractivity contribution in [1.29, 1.82) is 0 Å². The summed E-state index contributed by atoms with van der Waals surface area (Å²) in [4.78, 5) is 25.7. The van der Waals surface area contributed by atoms with Gasteiger partial charge in [-0.3, -0.25) is 9.59 Å². The summed E-state index contributed by atoms with van der Waals surface area (Å²) >= 11 is 0. The molecule has 2 N–H and O–H groups in total. The van der Waals surface area contributed by atoms with Gasteiger partial charge in [-0.05, 0) is 37.5 Å². The molecule has 2 heterocycles. The number of hydrogen-bond acceptors (Lipinski definition) is 6. The number of carbonyl (C=O) groups is 2. The maximum absolute atomic E-state index is 12.6.